The summed E-state index contributed by atoms with van der Waals surface area (Å²) in [5.74, 6) is 6.27. The van der Waals surface area contributed by atoms with Gasteiger partial charge in [-0.05, 0) is 37.0 Å². The van der Waals surface area contributed by atoms with Crippen molar-refractivity contribution in [2.24, 2.45) is 11.7 Å². The lowest BCUT2D eigenvalue weighted by atomic mass is 10.0. The maximum atomic E-state index is 12.1. The molecule has 0 atom stereocenters. The summed E-state index contributed by atoms with van der Waals surface area (Å²) in [5, 5.41) is 2.93. The zero-order valence-electron chi connectivity index (χ0n) is 11.9. The third-order valence-electron chi connectivity index (χ3n) is 2.75. The van der Waals surface area contributed by atoms with Gasteiger partial charge in [0.25, 0.3) is 5.91 Å². The zero-order chi connectivity index (χ0) is 14.3. The molecule has 1 aromatic rings. The van der Waals surface area contributed by atoms with Crippen molar-refractivity contribution in [3.05, 3.63) is 34.9 Å². The molecule has 0 saturated heterocycles. The van der Waals surface area contributed by atoms with Crippen molar-refractivity contribution in [1.29, 1.82) is 0 Å². The number of carbonyl (C=O) groups excluding carboxylic acids is 1. The van der Waals surface area contributed by atoms with Gasteiger partial charge in [-0.15, -0.1) is 0 Å². The Kier molecular flexibility index (Phi) is 6.11. The van der Waals surface area contributed by atoms with E-state index in [1.54, 1.807) is 0 Å². The quantitative estimate of drug-likeness (QED) is 0.812. The van der Waals surface area contributed by atoms with Crippen molar-refractivity contribution in [2.75, 3.05) is 13.1 Å². The van der Waals surface area contributed by atoms with Crippen molar-refractivity contribution in [3.63, 3.8) is 0 Å². The van der Waals surface area contributed by atoms with Gasteiger partial charge in [0, 0.05) is 12.1 Å². The lowest BCUT2D eigenvalue weighted by molar-refractivity contribution is 0.0952. The molecule has 1 rings (SSSR count). The molecule has 3 nitrogen and oxygen atoms in total. The Labute approximate surface area is 115 Å². The summed E-state index contributed by atoms with van der Waals surface area (Å²) in [6.45, 7) is 7.23. The van der Waals surface area contributed by atoms with Gasteiger partial charge in [-0.3, -0.25) is 4.79 Å². The SMILES string of the molecule is Cc1ccc(C(=O)NCCC(C)C)c(C#CCN)c1. The van der Waals surface area contributed by atoms with Crippen LogP contribution >= 0.6 is 0 Å². The van der Waals surface area contributed by atoms with E-state index in [0.29, 0.717) is 24.6 Å². The lowest BCUT2D eigenvalue weighted by Gasteiger charge is -2.09. The highest BCUT2D eigenvalue weighted by molar-refractivity contribution is 5.96. The predicted octanol–water partition coefficient (Wildman–Crippen LogP) is 2.08. The molecule has 19 heavy (non-hydrogen) atoms. The van der Waals surface area contributed by atoms with Crippen molar-refractivity contribution in [1.82, 2.24) is 5.32 Å². The van der Waals surface area contributed by atoms with E-state index in [1.165, 1.54) is 0 Å². The summed E-state index contributed by atoms with van der Waals surface area (Å²) in [6, 6.07) is 5.66. The molecule has 0 aliphatic rings. The van der Waals surface area contributed by atoms with Crippen LogP contribution in [0.25, 0.3) is 0 Å². The average molecular weight is 258 g/mol. The molecule has 0 heterocycles. The maximum Gasteiger partial charge on any atom is 0.252 e. The molecule has 0 saturated carbocycles. The molecule has 0 bridgehead atoms. The molecule has 0 aliphatic carbocycles. The minimum Gasteiger partial charge on any atom is -0.352 e. The van der Waals surface area contributed by atoms with E-state index in [2.05, 4.69) is 31.0 Å². The number of hydrogen-bond donors (Lipinski definition) is 2. The van der Waals surface area contributed by atoms with Gasteiger partial charge in [-0.2, -0.15) is 0 Å². The summed E-state index contributed by atoms with van der Waals surface area (Å²) in [4.78, 5) is 12.1. The van der Waals surface area contributed by atoms with Crippen LogP contribution in [-0.4, -0.2) is 19.0 Å². The molecule has 0 aliphatic heterocycles. The van der Waals surface area contributed by atoms with Gasteiger partial charge in [0.05, 0.1) is 12.1 Å². The van der Waals surface area contributed by atoms with Crippen LogP contribution in [0.3, 0.4) is 0 Å². The molecule has 0 fully saturated rings. The van der Waals surface area contributed by atoms with Gasteiger partial charge in [-0.25, -0.2) is 0 Å². The normalized spacial score (nSPS) is 9.95. The number of nitrogens with two attached hydrogens (primary N) is 1. The van der Waals surface area contributed by atoms with Crippen LogP contribution in [0, 0.1) is 24.7 Å². The number of amides is 1. The molecule has 3 heteroatoms. The van der Waals surface area contributed by atoms with Crippen LogP contribution in [0.2, 0.25) is 0 Å². The summed E-state index contributed by atoms with van der Waals surface area (Å²) < 4.78 is 0. The Morgan fingerprint density at radius 1 is 1.42 bits per heavy atom. The standard InChI is InChI=1S/C16H22N2O/c1-12(2)8-10-18-16(19)15-7-6-13(3)11-14(15)5-4-9-17/h6-7,11-12H,8-10,17H2,1-3H3,(H,18,19). The van der Waals surface area contributed by atoms with Gasteiger partial charge in [0.2, 0.25) is 0 Å². The Hall–Kier alpha value is -1.79. The van der Waals surface area contributed by atoms with Crippen LogP contribution in [-0.2, 0) is 0 Å². The summed E-state index contributed by atoms with van der Waals surface area (Å²) in [6.07, 6.45) is 0.974. The minimum absolute atomic E-state index is 0.0676. The molecule has 3 N–H and O–H groups in total. The highest BCUT2D eigenvalue weighted by Crippen LogP contribution is 2.11. The lowest BCUT2D eigenvalue weighted by Crippen LogP contribution is -2.26. The van der Waals surface area contributed by atoms with E-state index in [1.807, 2.05) is 25.1 Å². The Bertz CT molecular complexity index is 495. The summed E-state index contributed by atoms with van der Waals surface area (Å²) in [7, 11) is 0. The number of rotatable bonds is 4. The van der Waals surface area contributed by atoms with Gasteiger partial charge in [-0.1, -0.05) is 31.8 Å². The molecule has 0 spiro atoms. The van der Waals surface area contributed by atoms with E-state index in [-0.39, 0.29) is 5.91 Å². The fourth-order valence-electron chi connectivity index (χ4n) is 1.68. The maximum absolute atomic E-state index is 12.1. The molecule has 1 amide bonds. The van der Waals surface area contributed by atoms with Gasteiger partial charge >= 0.3 is 0 Å². The van der Waals surface area contributed by atoms with E-state index < -0.39 is 0 Å². The number of aryl methyl sites for hydroxylation is 1. The highest BCUT2D eigenvalue weighted by atomic mass is 16.1. The first-order chi connectivity index (χ1) is 9.04. The molecule has 0 unspecified atom stereocenters. The third kappa shape index (κ3) is 5.15. The molecule has 1 aromatic carbocycles. The summed E-state index contributed by atoms with van der Waals surface area (Å²) in [5.41, 5.74) is 7.83. The Morgan fingerprint density at radius 2 is 2.16 bits per heavy atom. The van der Waals surface area contributed by atoms with Crippen molar-refractivity contribution >= 4 is 5.91 Å². The largest absolute Gasteiger partial charge is 0.352 e. The van der Waals surface area contributed by atoms with Crippen LogP contribution in [0.4, 0.5) is 0 Å². The van der Waals surface area contributed by atoms with Crippen LogP contribution in [0.15, 0.2) is 18.2 Å². The zero-order valence-corrected chi connectivity index (χ0v) is 11.9. The highest BCUT2D eigenvalue weighted by Gasteiger charge is 2.09. The second-order valence-corrected chi connectivity index (χ2v) is 4.99. The second-order valence-electron chi connectivity index (χ2n) is 4.99. The molecule has 0 radical (unpaired) electrons. The average Bonchev–Trinajstić information content (AvgIpc) is 2.35. The summed E-state index contributed by atoms with van der Waals surface area (Å²) >= 11 is 0. The van der Waals surface area contributed by atoms with Crippen LogP contribution < -0.4 is 11.1 Å². The molecule has 0 aromatic heterocycles. The van der Waals surface area contributed by atoms with Gasteiger partial charge < -0.3 is 11.1 Å². The van der Waals surface area contributed by atoms with E-state index in [9.17, 15) is 4.79 Å². The predicted molar refractivity (Wildman–Crippen MR) is 78.9 cm³/mol. The van der Waals surface area contributed by atoms with E-state index >= 15 is 0 Å². The topological polar surface area (TPSA) is 55.1 Å². The third-order valence-corrected chi connectivity index (χ3v) is 2.75. The number of nitrogens with one attached hydrogen (secondary N) is 1. The number of carbonyl (C=O) groups is 1. The smallest absolute Gasteiger partial charge is 0.252 e. The number of hydrogen-bond acceptors (Lipinski definition) is 2. The first-order valence-electron chi connectivity index (χ1n) is 6.62. The molecule has 102 valence electrons. The van der Waals surface area contributed by atoms with E-state index in [4.69, 9.17) is 5.73 Å². The first-order valence-corrected chi connectivity index (χ1v) is 6.62. The minimum atomic E-state index is -0.0676. The monoisotopic (exact) mass is 258 g/mol. The van der Waals surface area contributed by atoms with Crippen molar-refractivity contribution in [2.45, 2.75) is 27.2 Å². The molecular formula is C16H22N2O. The second kappa shape index (κ2) is 7.60. The van der Waals surface area contributed by atoms with Gasteiger partial charge in [0.1, 0.15) is 0 Å². The van der Waals surface area contributed by atoms with E-state index in [0.717, 1.165) is 17.5 Å². The fraction of sp³-hybridized carbons (Fsp3) is 0.438. The Balaban J connectivity index is 2.83. The number of benzene rings is 1. The molecular weight excluding hydrogens is 236 g/mol. The fourth-order valence-corrected chi connectivity index (χ4v) is 1.68. The van der Waals surface area contributed by atoms with Crippen molar-refractivity contribution < 1.29 is 4.79 Å². The van der Waals surface area contributed by atoms with Crippen LogP contribution in [0.1, 0.15) is 41.8 Å². The van der Waals surface area contributed by atoms with Gasteiger partial charge in [0.15, 0.2) is 0 Å². The Morgan fingerprint density at radius 3 is 2.79 bits per heavy atom. The van der Waals surface area contributed by atoms with Crippen LogP contribution in [0.5, 0.6) is 0 Å². The first kappa shape index (κ1) is 15.3. The van der Waals surface area contributed by atoms with Crippen molar-refractivity contribution in [3.8, 4) is 11.8 Å².